The molecule has 0 aliphatic heterocycles. The Kier molecular flexibility index (Phi) is 4.04. The molecule has 0 fully saturated rings. The van der Waals surface area contributed by atoms with Gasteiger partial charge in [-0.15, -0.1) is 0 Å². The van der Waals surface area contributed by atoms with Gasteiger partial charge in [-0.05, 0) is 35.7 Å². The molecule has 24 heavy (non-hydrogen) atoms. The Labute approximate surface area is 138 Å². The molecule has 0 aliphatic rings. The minimum atomic E-state index is -0.492. The van der Waals surface area contributed by atoms with Crippen LogP contribution < -0.4 is 4.74 Å². The molecule has 3 rings (SSSR count). The summed E-state index contributed by atoms with van der Waals surface area (Å²) in [5, 5.41) is 11.2. The zero-order valence-corrected chi connectivity index (χ0v) is 13.4. The first-order valence-electron chi connectivity index (χ1n) is 7.51. The first-order chi connectivity index (χ1) is 11.6. The Morgan fingerprint density at radius 1 is 1.25 bits per heavy atom. The van der Waals surface area contributed by atoms with Gasteiger partial charge in [0.1, 0.15) is 0 Å². The summed E-state index contributed by atoms with van der Waals surface area (Å²) in [6, 6.07) is 10.5. The molecule has 0 N–H and O–H groups in total. The second-order valence-corrected chi connectivity index (χ2v) is 5.39. The lowest BCUT2D eigenvalue weighted by Gasteiger charge is -2.05. The summed E-state index contributed by atoms with van der Waals surface area (Å²) in [6.07, 6.45) is 3.55. The van der Waals surface area contributed by atoms with Crippen molar-refractivity contribution in [2.24, 2.45) is 0 Å². The van der Waals surface area contributed by atoms with Crippen LogP contribution >= 0.6 is 0 Å². The molecule has 0 bridgehead atoms. The lowest BCUT2D eigenvalue weighted by Crippen LogP contribution is -1.96. The van der Waals surface area contributed by atoms with E-state index in [0.717, 1.165) is 23.8 Å². The van der Waals surface area contributed by atoms with Crippen molar-refractivity contribution in [1.82, 2.24) is 4.40 Å². The van der Waals surface area contributed by atoms with Gasteiger partial charge in [0, 0.05) is 23.3 Å². The third kappa shape index (κ3) is 2.52. The van der Waals surface area contributed by atoms with Gasteiger partial charge >= 0.3 is 5.69 Å². The van der Waals surface area contributed by atoms with Crippen molar-refractivity contribution in [1.29, 1.82) is 0 Å². The van der Waals surface area contributed by atoms with E-state index in [0.29, 0.717) is 16.8 Å². The van der Waals surface area contributed by atoms with E-state index in [9.17, 15) is 14.9 Å². The van der Waals surface area contributed by atoms with Crippen molar-refractivity contribution in [3.8, 4) is 16.9 Å². The van der Waals surface area contributed by atoms with Crippen molar-refractivity contribution < 1.29 is 14.5 Å². The van der Waals surface area contributed by atoms with Crippen LogP contribution in [0.4, 0.5) is 5.69 Å². The van der Waals surface area contributed by atoms with Crippen LogP contribution in [-0.4, -0.2) is 22.7 Å². The first kappa shape index (κ1) is 15.7. The van der Waals surface area contributed by atoms with Crippen molar-refractivity contribution in [2.45, 2.75) is 13.3 Å². The van der Waals surface area contributed by atoms with E-state index in [2.05, 4.69) is 0 Å². The third-order valence-corrected chi connectivity index (χ3v) is 4.08. The molecule has 6 heteroatoms. The molecular weight excluding hydrogens is 308 g/mol. The number of fused-ring (bicyclic) bond motifs is 1. The van der Waals surface area contributed by atoms with Crippen LogP contribution in [0.15, 0.2) is 42.6 Å². The van der Waals surface area contributed by atoms with Gasteiger partial charge in [-0.25, -0.2) is 0 Å². The van der Waals surface area contributed by atoms with Gasteiger partial charge in [0.05, 0.1) is 17.7 Å². The number of nitro groups is 1. The third-order valence-electron chi connectivity index (χ3n) is 4.08. The van der Waals surface area contributed by atoms with Crippen LogP contribution in [0.3, 0.4) is 0 Å². The van der Waals surface area contributed by atoms with Gasteiger partial charge in [0.25, 0.3) is 0 Å². The zero-order chi connectivity index (χ0) is 17.3. The Bertz CT molecular complexity index is 944. The lowest BCUT2D eigenvalue weighted by atomic mass is 10.1. The number of carbonyl (C=O) groups excluding carboxylic acids is 1. The summed E-state index contributed by atoms with van der Waals surface area (Å²) in [7, 11) is 1.39. The number of aldehydes is 1. The number of hydrogen-bond acceptors (Lipinski definition) is 4. The second-order valence-electron chi connectivity index (χ2n) is 5.39. The predicted octanol–water partition coefficient (Wildman–Crippen LogP) is 3.90. The number of hydrogen-bond donors (Lipinski definition) is 0. The van der Waals surface area contributed by atoms with Gasteiger partial charge in [0.15, 0.2) is 12.0 Å². The van der Waals surface area contributed by atoms with Gasteiger partial charge in [0.2, 0.25) is 0 Å². The molecule has 0 aliphatic carbocycles. The molecule has 0 saturated carbocycles. The molecule has 6 nitrogen and oxygen atoms in total. The normalized spacial score (nSPS) is 10.8. The maximum absolute atomic E-state index is 11.6. The average molecular weight is 324 g/mol. The zero-order valence-electron chi connectivity index (χ0n) is 13.4. The summed E-state index contributed by atoms with van der Waals surface area (Å²) in [6.45, 7) is 2.04. The average Bonchev–Trinajstić information content (AvgIpc) is 2.98. The molecule has 3 aromatic rings. The highest BCUT2D eigenvalue weighted by Gasteiger charge is 2.19. The minimum absolute atomic E-state index is 0.128. The quantitative estimate of drug-likeness (QED) is 0.405. The standard InChI is InChI=1S/C18H16N2O4/c1-3-12-4-6-14-9-15(17(11-21)19(14)10-12)13-5-7-18(24-2)16(8-13)20(22)23/h4-11H,3H2,1-2H3. The van der Waals surface area contributed by atoms with Crippen LogP contribution in [-0.2, 0) is 6.42 Å². The van der Waals surface area contributed by atoms with Gasteiger partial charge in [-0.1, -0.05) is 19.1 Å². The number of carbonyl (C=O) groups is 1. The summed E-state index contributed by atoms with van der Waals surface area (Å²) in [5.41, 5.74) is 3.57. The van der Waals surface area contributed by atoms with Crippen molar-refractivity contribution in [3.63, 3.8) is 0 Å². The van der Waals surface area contributed by atoms with Crippen LogP contribution in [0.2, 0.25) is 0 Å². The monoisotopic (exact) mass is 324 g/mol. The number of aryl methyl sites for hydroxylation is 1. The number of nitrogens with zero attached hydrogens (tertiary/aromatic N) is 2. The van der Waals surface area contributed by atoms with Crippen molar-refractivity contribution in [2.75, 3.05) is 7.11 Å². The SMILES string of the molecule is CCc1ccc2cc(-c3ccc(OC)c([N+](=O)[O-])c3)c(C=O)n2c1. The number of methoxy groups -OCH3 is 1. The molecule has 2 aromatic heterocycles. The van der Waals surface area contributed by atoms with Gasteiger partial charge in [-0.2, -0.15) is 0 Å². The predicted molar refractivity (Wildman–Crippen MR) is 90.8 cm³/mol. The van der Waals surface area contributed by atoms with E-state index < -0.39 is 4.92 Å². The Morgan fingerprint density at radius 2 is 2.04 bits per heavy atom. The summed E-state index contributed by atoms with van der Waals surface area (Å²) in [4.78, 5) is 22.4. The van der Waals surface area contributed by atoms with E-state index in [4.69, 9.17) is 4.74 Å². The van der Waals surface area contributed by atoms with Crippen LogP contribution in [0.25, 0.3) is 16.6 Å². The van der Waals surface area contributed by atoms with Crippen LogP contribution in [0, 0.1) is 10.1 Å². The smallest absolute Gasteiger partial charge is 0.311 e. The molecule has 0 amide bonds. The highest BCUT2D eigenvalue weighted by atomic mass is 16.6. The maximum atomic E-state index is 11.6. The van der Waals surface area contributed by atoms with Crippen LogP contribution in [0.5, 0.6) is 5.75 Å². The molecule has 1 aromatic carbocycles. The summed E-state index contributed by atoms with van der Waals surface area (Å²) >= 11 is 0. The van der Waals surface area contributed by atoms with E-state index in [1.54, 1.807) is 12.1 Å². The second kappa shape index (κ2) is 6.16. The fraction of sp³-hybridized carbons (Fsp3) is 0.167. The van der Waals surface area contributed by atoms with Gasteiger partial charge in [-0.3, -0.25) is 14.9 Å². The van der Waals surface area contributed by atoms with E-state index in [-0.39, 0.29) is 11.4 Å². The summed E-state index contributed by atoms with van der Waals surface area (Å²) < 4.78 is 6.84. The number of benzene rings is 1. The molecule has 0 unspecified atom stereocenters. The lowest BCUT2D eigenvalue weighted by molar-refractivity contribution is -0.385. The Hall–Kier alpha value is -3.15. The van der Waals surface area contributed by atoms with Crippen molar-refractivity contribution in [3.05, 3.63) is 64.0 Å². The number of nitro benzene ring substituents is 1. The van der Waals surface area contributed by atoms with E-state index in [1.807, 2.05) is 35.7 Å². The minimum Gasteiger partial charge on any atom is -0.490 e. The van der Waals surface area contributed by atoms with Crippen molar-refractivity contribution >= 4 is 17.5 Å². The fourth-order valence-corrected chi connectivity index (χ4v) is 2.79. The topological polar surface area (TPSA) is 73.8 Å². The Balaban J connectivity index is 2.24. The molecule has 0 radical (unpaired) electrons. The number of ether oxygens (including phenoxy) is 1. The number of pyridine rings is 1. The highest BCUT2D eigenvalue weighted by molar-refractivity contribution is 5.90. The van der Waals surface area contributed by atoms with Crippen LogP contribution in [0.1, 0.15) is 23.0 Å². The van der Waals surface area contributed by atoms with E-state index in [1.165, 1.54) is 13.2 Å². The van der Waals surface area contributed by atoms with Gasteiger partial charge < -0.3 is 9.14 Å². The van der Waals surface area contributed by atoms with E-state index >= 15 is 0 Å². The fourth-order valence-electron chi connectivity index (χ4n) is 2.79. The number of aromatic nitrogens is 1. The molecule has 0 spiro atoms. The molecular formula is C18H16N2O4. The number of rotatable bonds is 5. The largest absolute Gasteiger partial charge is 0.490 e. The molecule has 122 valence electrons. The molecule has 0 atom stereocenters. The molecule has 2 heterocycles. The highest BCUT2D eigenvalue weighted by Crippen LogP contribution is 2.34. The first-order valence-corrected chi connectivity index (χ1v) is 7.51. The maximum Gasteiger partial charge on any atom is 0.311 e. The molecule has 0 saturated heterocycles. The Morgan fingerprint density at radius 3 is 2.67 bits per heavy atom. The summed E-state index contributed by atoms with van der Waals surface area (Å²) in [5.74, 6) is 0.188.